The Morgan fingerprint density at radius 2 is 1.85 bits per heavy atom. The first-order valence-electron chi connectivity index (χ1n) is 7.77. The van der Waals surface area contributed by atoms with Crippen molar-refractivity contribution in [2.75, 3.05) is 0 Å². The third kappa shape index (κ3) is 2.08. The SMILES string of the molecule is OC12CC3CC(C1)CC(NCc1ccccc1F)(C3)C2. The van der Waals surface area contributed by atoms with Gasteiger partial charge in [0.15, 0.2) is 0 Å². The standard InChI is InChI=1S/C17H22FNO/c18-15-4-2-1-3-14(15)10-19-16-6-12-5-13(7-16)9-17(20,8-12)11-16/h1-4,12-13,19-20H,5-11H2. The zero-order valence-corrected chi connectivity index (χ0v) is 11.7. The van der Waals surface area contributed by atoms with Gasteiger partial charge in [0.25, 0.3) is 0 Å². The molecule has 0 saturated heterocycles. The molecule has 0 radical (unpaired) electrons. The van der Waals surface area contributed by atoms with E-state index in [9.17, 15) is 9.50 Å². The fourth-order valence-corrected chi connectivity index (χ4v) is 5.35. The third-order valence-corrected chi connectivity index (χ3v) is 5.64. The average Bonchev–Trinajstić information content (AvgIpc) is 2.35. The van der Waals surface area contributed by atoms with Crippen molar-refractivity contribution in [1.29, 1.82) is 0 Å². The highest BCUT2D eigenvalue weighted by molar-refractivity contribution is 5.19. The van der Waals surface area contributed by atoms with Crippen molar-refractivity contribution in [3.8, 4) is 0 Å². The van der Waals surface area contributed by atoms with Crippen LogP contribution in [-0.4, -0.2) is 16.2 Å². The number of nitrogens with one attached hydrogen (secondary N) is 1. The number of aliphatic hydroxyl groups is 1. The summed E-state index contributed by atoms with van der Waals surface area (Å²) >= 11 is 0. The molecular formula is C17H22FNO. The molecule has 4 aliphatic rings. The fourth-order valence-electron chi connectivity index (χ4n) is 5.35. The second kappa shape index (κ2) is 4.28. The van der Waals surface area contributed by atoms with E-state index < -0.39 is 5.60 Å². The van der Waals surface area contributed by atoms with Crippen LogP contribution in [0.25, 0.3) is 0 Å². The van der Waals surface area contributed by atoms with Crippen LogP contribution in [-0.2, 0) is 6.54 Å². The van der Waals surface area contributed by atoms with Crippen LogP contribution < -0.4 is 5.32 Å². The molecule has 0 spiro atoms. The Balaban J connectivity index is 1.53. The molecule has 1 aromatic rings. The van der Waals surface area contributed by atoms with E-state index in [1.807, 2.05) is 12.1 Å². The van der Waals surface area contributed by atoms with E-state index >= 15 is 0 Å². The minimum absolute atomic E-state index is 0.0428. The second-order valence-corrected chi connectivity index (χ2v) is 7.41. The van der Waals surface area contributed by atoms with Crippen molar-refractivity contribution in [3.05, 3.63) is 35.6 Å². The van der Waals surface area contributed by atoms with Gasteiger partial charge in [-0.25, -0.2) is 4.39 Å². The van der Waals surface area contributed by atoms with E-state index in [4.69, 9.17) is 0 Å². The van der Waals surface area contributed by atoms with Crippen molar-refractivity contribution in [1.82, 2.24) is 5.32 Å². The Bertz CT molecular complexity index is 515. The first-order chi connectivity index (χ1) is 9.56. The van der Waals surface area contributed by atoms with Crippen LogP contribution in [0.1, 0.15) is 44.1 Å². The number of hydrogen-bond acceptors (Lipinski definition) is 2. The molecule has 20 heavy (non-hydrogen) atoms. The summed E-state index contributed by atoms with van der Waals surface area (Å²) in [6.45, 7) is 0.572. The Morgan fingerprint density at radius 1 is 1.15 bits per heavy atom. The summed E-state index contributed by atoms with van der Waals surface area (Å²) in [5.41, 5.74) is 0.322. The maximum Gasteiger partial charge on any atom is 0.127 e. The van der Waals surface area contributed by atoms with E-state index in [0.717, 1.165) is 37.7 Å². The first-order valence-corrected chi connectivity index (χ1v) is 7.77. The van der Waals surface area contributed by atoms with E-state index in [1.165, 1.54) is 12.5 Å². The van der Waals surface area contributed by atoms with Crippen molar-refractivity contribution >= 4 is 0 Å². The lowest BCUT2D eigenvalue weighted by atomic mass is 9.51. The van der Waals surface area contributed by atoms with Gasteiger partial charge in [-0.05, 0) is 56.4 Å². The highest BCUT2D eigenvalue weighted by atomic mass is 19.1. The summed E-state index contributed by atoms with van der Waals surface area (Å²) in [5, 5.41) is 14.3. The summed E-state index contributed by atoms with van der Waals surface area (Å²) in [4.78, 5) is 0. The van der Waals surface area contributed by atoms with Gasteiger partial charge in [-0.15, -0.1) is 0 Å². The van der Waals surface area contributed by atoms with Crippen LogP contribution in [0.4, 0.5) is 4.39 Å². The van der Waals surface area contributed by atoms with Crippen molar-refractivity contribution in [2.45, 2.75) is 56.2 Å². The molecule has 0 aromatic heterocycles. The Labute approximate surface area is 119 Å². The van der Waals surface area contributed by atoms with Crippen LogP contribution in [0.3, 0.4) is 0 Å². The third-order valence-electron chi connectivity index (χ3n) is 5.64. The summed E-state index contributed by atoms with van der Waals surface area (Å²) in [6, 6.07) is 6.97. The van der Waals surface area contributed by atoms with Crippen molar-refractivity contribution in [3.63, 3.8) is 0 Å². The molecular weight excluding hydrogens is 253 g/mol. The van der Waals surface area contributed by atoms with Crippen molar-refractivity contribution < 1.29 is 9.50 Å². The Hall–Kier alpha value is -0.930. The molecule has 108 valence electrons. The second-order valence-electron chi connectivity index (χ2n) is 7.41. The molecule has 4 bridgehead atoms. The van der Waals surface area contributed by atoms with Crippen LogP contribution in [0.15, 0.2) is 24.3 Å². The highest BCUT2D eigenvalue weighted by Gasteiger charge is 2.56. The predicted molar refractivity (Wildman–Crippen MR) is 75.6 cm³/mol. The van der Waals surface area contributed by atoms with Gasteiger partial charge in [0.05, 0.1) is 5.60 Å². The van der Waals surface area contributed by atoms with E-state index in [1.54, 1.807) is 6.07 Å². The molecule has 2 atom stereocenters. The number of benzene rings is 1. The summed E-state index contributed by atoms with van der Waals surface area (Å²) in [5.74, 6) is 1.19. The molecule has 5 rings (SSSR count). The number of rotatable bonds is 3. The average molecular weight is 275 g/mol. The topological polar surface area (TPSA) is 32.3 Å². The summed E-state index contributed by atoms with van der Waals surface area (Å²) in [7, 11) is 0. The number of halogens is 1. The zero-order valence-electron chi connectivity index (χ0n) is 11.7. The van der Waals surface area contributed by atoms with E-state index in [-0.39, 0.29) is 11.4 Å². The van der Waals surface area contributed by atoms with Crippen molar-refractivity contribution in [2.24, 2.45) is 11.8 Å². The van der Waals surface area contributed by atoms with Crippen LogP contribution in [0.2, 0.25) is 0 Å². The molecule has 0 amide bonds. The van der Waals surface area contributed by atoms with Gasteiger partial charge in [-0.3, -0.25) is 0 Å². The van der Waals surface area contributed by atoms with Gasteiger partial charge in [-0.2, -0.15) is 0 Å². The molecule has 0 heterocycles. The maximum atomic E-state index is 13.7. The lowest BCUT2D eigenvalue weighted by Gasteiger charge is -2.60. The van der Waals surface area contributed by atoms with Gasteiger partial charge in [-0.1, -0.05) is 18.2 Å². The maximum absolute atomic E-state index is 13.7. The molecule has 0 aliphatic heterocycles. The summed E-state index contributed by atoms with van der Waals surface area (Å²) < 4.78 is 13.7. The molecule has 1 aromatic carbocycles. The molecule has 3 heteroatoms. The van der Waals surface area contributed by atoms with E-state index in [0.29, 0.717) is 18.4 Å². The lowest BCUT2D eigenvalue weighted by molar-refractivity contribution is -0.142. The van der Waals surface area contributed by atoms with Crippen LogP contribution in [0, 0.1) is 17.7 Å². The van der Waals surface area contributed by atoms with Gasteiger partial charge in [0, 0.05) is 17.6 Å². The minimum atomic E-state index is -0.452. The number of hydrogen-bond donors (Lipinski definition) is 2. The van der Waals surface area contributed by atoms with Crippen LogP contribution >= 0.6 is 0 Å². The largest absolute Gasteiger partial charge is 0.390 e. The molecule has 4 fully saturated rings. The minimum Gasteiger partial charge on any atom is -0.390 e. The lowest BCUT2D eigenvalue weighted by Crippen LogP contribution is -2.64. The monoisotopic (exact) mass is 275 g/mol. The molecule has 2 N–H and O–H groups in total. The quantitative estimate of drug-likeness (QED) is 0.889. The van der Waals surface area contributed by atoms with Gasteiger partial charge in [0.2, 0.25) is 0 Å². The van der Waals surface area contributed by atoms with Gasteiger partial charge in [0.1, 0.15) is 5.82 Å². The first kappa shape index (κ1) is 12.8. The highest BCUT2D eigenvalue weighted by Crippen LogP contribution is 2.57. The van der Waals surface area contributed by atoms with E-state index in [2.05, 4.69) is 5.32 Å². The Morgan fingerprint density at radius 3 is 2.50 bits per heavy atom. The smallest absolute Gasteiger partial charge is 0.127 e. The molecule has 2 nitrogen and oxygen atoms in total. The van der Waals surface area contributed by atoms with Gasteiger partial charge >= 0.3 is 0 Å². The van der Waals surface area contributed by atoms with Crippen LogP contribution in [0.5, 0.6) is 0 Å². The molecule has 2 unspecified atom stereocenters. The fraction of sp³-hybridized carbons (Fsp3) is 0.647. The Kier molecular flexibility index (Phi) is 2.74. The molecule has 4 aliphatic carbocycles. The summed E-state index contributed by atoms with van der Waals surface area (Å²) in [6.07, 6.45) is 6.40. The normalized spacial score (nSPS) is 42.1. The zero-order chi connectivity index (χ0) is 13.8. The van der Waals surface area contributed by atoms with Gasteiger partial charge < -0.3 is 10.4 Å². The predicted octanol–water partition coefficient (Wildman–Crippen LogP) is 3.00. The molecule has 4 saturated carbocycles.